The van der Waals surface area contributed by atoms with Crippen LogP contribution in [0.15, 0.2) is 56.6 Å². The SMILES string of the molecule is CC(C)(C)c1ccc(-c2nnc(SCc3ccc(C(F)(F)P(=O)(O)O)c(Br)c3)o2)cc1. The largest absolute Gasteiger partial charge is 0.411 e. The molecule has 0 saturated heterocycles. The molecule has 0 amide bonds. The molecular formula is C20H20BrF2N2O4PS. The minimum atomic E-state index is -5.64. The third-order valence-corrected chi connectivity index (χ3v) is 7.01. The van der Waals surface area contributed by atoms with Crippen molar-refractivity contribution >= 4 is 35.3 Å². The predicted molar refractivity (Wildman–Crippen MR) is 118 cm³/mol. The summed E-state index contributed by atoms with van der Waals surface area (Å²) in [5, 5.41) is 8.37. The third-order valence-electron chi connectivity index (χ3n) is 4.49. The van der Waals surface area contributed by atoms with Crippen LogP contribution in [-0.4, -0.2) is 20.0 Å². The third kappa shape index (κ3) is 5.43. The zero-order valence-corrected chi connectivity index (χ0v) is 20.1. The van der Waals surface area contributed by atoms with Crippen molar-refractivity contribution in [3.63, 3.8) is 0 Å². The Bertz CT molecular complexity index is 1130. The number of hydrogen-bond donors (Lipinski definition) is 2. The lowest BCUT2D eigenvalue weighted by molar-refractivity contribution is 0.0557. The summed E-state index contributed by atoms with van der Waals surface area (Å²) in [6.07, 6.45) is 0. The lowest BCUT2D eigenvalue weighted by Crippen LogP contribution is -2.14. The van der Waals surface area contributed by atoms with Crippen molar-refractivity contribution in [2.45, 2.75) is 42.8 Å². The Kier molecular flexibility index (Phi) is 6.79. The number of hydrogen-bond acceptors (Lipinski definition) is 5. The molecule has 3 aromatic rings. The van der Waals surface area contributed by atoms with E-state index in [1.807, 2.05) is 24.3 Å². The molecule has 166 valence electrons. The standard InChI is InChI=1S/C20H20BrF2N2O4PS/c1-19(2,3)14-7-5-13(6-8-14)17-24-25-18(29-17)31-11-12-4-9-15(16(21)10-12)20(22,23)30(26,27)28/h4-10H,11H2,1-3H3,(H2,26,27,28). The highest BCUT2D eigenvalue weighted by atomic mass is 79.9. The Hall–Kier alpha value is -1.58. The van der Waals surface area contributed by atoms with Crippen LogP contribution in [0.5, 0.6) is 0 Å². The van der Waals surface area contributed by atoms with Gasteiger partial charge in [0.2, 0.25) is 5.89 Å². The van der Waals surface area contributed by atoms with E-state index in [1.54, 1.807) is 0 Å². The first-order valence-corrected chi connectivity index (χ1v) is 12.5. The molecule has 0 atom stereocenters. The van der Waals surface area contributed by atoms with Crippen molar-refractivity contribution in [1.29, 1.82) is 0 Å². The van der Waals surface area contributed by atoms with Crippen LogP contribution in [0.25, 0.3) is 11.5 Å². The van der Waals surface area contributed by atoms with E-state index in [1.165, 1.54) is 29.5 Å². The van der Waals surface area contributed by atoms with E-state index in [0.717, 1.165) is 11.6 Å². The van der Waals surface area contributed by atoms with E-state index >= 15 is 0 Å². The second-order valence-corrected chi connectivity index (χ2v) is 11.3. The number of aromatic nitrogens is 2. The summed E-state index contributed by atoms with van der Waals surface area (Å²) in [4.78, 5) is 17.8. The van der Waals surface area contributed by atoms with Gasteiger partial charge in [0.05, 0.1) is 0 Å². The second kappa shape index (κ2) is 8.75. The molecule has 0 aliphatic heterocycles. The monoisotopic (exact) mass is 532 g/mol. The van der Waals surface area contributed by atoms with Crippen molar-refractivity contribution in [2.75, 3.05) is 0 Å². The average Bonchev–Trinajstić information content (AvgIpc) is 3.14. The highest BCUT2D eigenvalue weighted by Crippen LogP contribution is 2.60. The van der Waals surface area contributed by atoms with Crippen molar-refractivity contribution in [2.24, 2.45) is 0 Å². The Morgan fingerprint density at radius 3 is 2.29 bits per heavy atom. The summed E-state index contributed by atoms with van der Waals surface area (Å²) in [5.41, 5.74) is -2.40. The molecule has 0 spiro atoms. The van der Waals surface area contributed by atoms with Crippen LogP contribution in [0.1, 0.15) is 37.5 Å². The molecule has 0 unspecified atom stereocenters. The van der Waals surface area contributed by atoms with Crippen LogP contribution >= 0.6 is 35.3 Å². The highest BCUT2D eigenvalue weighted by molar-refractivity contribution is 9.10. The van der Waals surface area contributed by atoms with Crippen LogP contribution in [0, 0.1) is 0 Å². The summed E-state index contributed by atoms with van der Waals surface area (Å²) in [6, 6.07) is 11.6. The smallest absolute Gasteiger partial charge is 0.399 e. The lowest BCUT2D eigenvalue weighted by atomic mass is 9.87. The Labute approximate surface area is 190 Å². The summed E-state index contributed by atoms with van der Waals surface area (Å²) >= 11 is 4.19. The molecule has 2 N–H and O–H groups in total. The Morgan fingerprint density at radius 1 is 1.10 bits per heavy atom. The maximum atomic E-state index is 13.9. The number of alkyl halides is 2. The maximum Gasteiger partial charge on any atom is 0.399 e. The number of halogens is 3. The minimum absolute atomic E-state index is 0.0352. The molecule has 1 aromatic heterocycles. The molecule has 0 aliphatic rings. The molecule has 31 heavy (non-hydrogen) atoms. The fourth-order valence-corrected chi connectivity index (χ4v) is 4.74. The van der Waals surface area contributed by atoms with Crippen LogP contribution < -0.4 is 0 Å². The molecule has 2 aromatic carbocycles. The number of nitrogens with zero attached hydrogens (tertiary/aromatic N) is 2. The number of thioether (sulfide) groups is 1. The van der Waals surface area contributed by atoms with Crippen LogP contribution in [0.4, 0.5) is 8.78 Å². The average molecular weight is 533 g/mol. The van der Waals surface area contributed by atoms with E-state index in [4.69, 9.17) is 14.2 Å². The quantitative estimate of drug-likeness (QED) is 0.283. The Balaban J connectivity index is 1.70. The summed E-state index contributed by atoms with van der Waals surface area (Å²) in [7, 11) is -5.64. The number of rotatable bonds is 6. The second-order valence-electron chi connectivity index (χ2n) is 7.89. The molecular weight excluding hydrogens is 513 g/mol. The van der Waals surface area contributed by atoms with Gasteiger partial charge in [-0.05, 0) is 34.7 Å². The molecule has 0 radical (unpaired) electrons. The van der Waals surface area contributed by atoms with Gasteiger partial charge in [-0.1, -0.05) is 72.7 Å². The van der Waals surface area contributed by atoms with Gasteiger partial charge in [0.15, 0.2) is 0 Å². The fourth-order valence-electron chi connectivity index (χ4n) is 2.69. The minimum Gasteiger partial charge on any atom is -0.411 e. The normalized spacial score (nSPS) is 12.9. The van der Waals surface area contributed by atoms with Gasteiger partial charge in [-0.25, -0.2) is 0 Å². The first-order valence-electron chi connectivity index (χ1n) is 9.08. The van der Waals surface area contributed by atoms with Crippen molar-refractivity contribution < 1.29 is 27.5 Å². The van der Waals surface area contributed by atoms with Crippen LogP contribution in [0.2, 0.25) is 0 Å². The van der Waals surface area contributed by atoms with Crippen molar-refractivity contribution in [3.05, 3.63) is 63.6 Å². The fraction of sp³-hybridized carbons (Fsp3) is 0.300. The van der Waals surface area contributed by atoms with Crippen LogP contribution in [0.3, 0.4) is 0 Å². The van der Waals surface area contributed by atoms with Crippen LogP contribution in [-0.2, 0) is 21.4 Å². The first kappa shape index (κ1) is 24.1. The topological polar surface area (TPSA) is 96.5 Å². The van der Waals surface area contributed by atoms with Crippen molar-refractivity contribution in [1.82, 2.24) is 10.2 Å². The molecule has 1 heterocycles. The van der Waals surface area contributed by atoms with E-state index in [9.17, 15) is 13.3 Å². The van der Waals surface area contributed by atoms with Gasteiger partial charge >= 0.3 is 13.3 Å². The van der Waals surface area contributed by atoms with E-state index in [-0.39, 0.29) is 9.89 Å². The predicted octanol–water partition coefficient (Wildman–Crippen LogP) is 6.32. The Morgan fingerprint density at radius 2 is 1.74 bits per heavy atom. The highest BCUT2D eigenvalue weighted by Gasteiger charge is 2.51. The first-order chi connectivity index (χ1) is 14.3. The zero-order chi connectivity index (χ0) is 23.0. The summed E-state index contributed by atoms with van der Waals surface area (Å²) < 4.78 is 44.5. The van der Waals surface area contributed by atoms with Gasteiger partial charge in [-0.2, -0.15) is 8.78 Å². The molecule has 0 aliphatic carbocycles. The molecule has 6 nitrogen and oxygen atoms in total. The van der Waals surface area contributed by atoms with Gasteiger partial charge in [-0.3, -0.25) is 4.57 Å². The summed E-state index contributed by atoms with van der Waals surface area (Å²) in [5.74, 6) is 0.714. The molecule has 3 rings (SSSR count). The molecule has 0 bridgehead atoms. The van der Waals surface area contributed by atoms with Gasteiger partial charge in [0.1, 0.15) is 0 Å². The number of benzene rings is 2. The molecule has 0 saturated carbocycles. The van der Waals surface area contributed by atoms with Gasteiger partial charge in [-0.15, -0.1) is 10.2 Å². The van der Waals surface area contributed by atoms with E-state index in [2.05, 4.69) is 46.9 Å². The summed E-state index contributed by atoms with van der Waals surface area (Å²) in [6.45, 7) is 6.38. The zero-order valence-electron chi connectivity index (χ0n) is 16.8. The van der Waals surface area contributed by atoms with E-state index in [0.29, 0.717) is 22.4 Å². The molecule has 0 fully saturated rings. The van der Waals surface area contributed by atoms with E-state index < -0.39 is 18.8 Å². The molecule has 11 heteroatoms. The van der Waals surface area contributed by atoms with Gasteiger partial charge in [0.25, 0.3) is 5.22 Å². The maximum absolute atomic E-state index is 13.9. The van der Waals surface area contributed by atoms with Gasteiger partial charge < -0.3 is 14.2 Å². The van der Waals surface area contributed by atoms with Crippen molar-refractivity contribution in [3.8, 4) is 11.5 Å². The lowest BCUT2D eigenvalue weighted by Gasteiger charge is -2.19. The van der Waals surface area contributed by atoms with Gasteiger partial charge in [0, 0.05) is 21.4 Å².